The summed E-state index contributed by atoms with van der Waals surface area (Å²) in [6.45, 7) is 4.60. The van der Waals surface area contributed by atoms with Gasteiger partial charge in [-0.05, 0) is 45.4 Å². The second kappa shape index (κ2) is 18.0. The van der Waals surface area contributed by atoms with Crippen LogP contribution in [0.25, 0.3) is 0 Å². The molecule has 0 heterocycles. The van der Waals surface area contributed by atoms with Crippen molar-refractivity contribution in [2.75, 3.05) is 6.61 Å². The second-order valence-corrected chi connectivity index (χ2v) is 5.79. The number of carbonyl (C=O) groups is 1. The van der Waals surface area contributed by atoms with E-state index < -0.39 is 0 Å². The van der Waals surface area contributed by atoms with Crippen molar-refractivity contribution in [2.45, 2.75) is 90.9 Å². The van der Waals surface area contributed by atoms with Gasteiger partial charge in [0, 0.05) is 6.42 Å². The summed E-state index contributed by atoms with van der Waals surface area (Å²) in [5, 5.41) is 0. The molecule has 0 unspecified atom stereocenters. The highest BCUT2D eigenvalue weighted by molar-refractivity contribution is 5.69. The first kappa shape index (κ1) is 20.9. The molecule has 0 rings (SSSR count). The summed E-state index contributed by atoms with van der Waals surface area (Å²) in [6, 6.07) is 0. The lowest BCUT2D eigenvalue weighted by molar-refractivity contribution is -0.143. The van der Waals surface area contributed by atoms with Crippen molar-refractivity contribution in [3.8, 4) is 0 Å². The van der Waals surface area contributed by atoms with Crippen molar-refractivity contribution in [2.24, 2.45) is 0 Å². The van der Waals surface area contributed by atoms with Gasteiger partial charge in [0.1, 0.15) is 0 Å². The molecule has 2 heteroatoms. The fraction of sp³-hybridized carbons (Fsp3) is 0.750. The largest absolute Gasteiger partial charge is 0.466 e. The number of allylic oxidation sites excluding steroid dienone is 4. The predicted octanol–water partition coefficient (Wildman–Crippen LogP) is 6.36. The standard InChI is InChI=1S/C20H36O2/c1-3-5-6-7-8-9-10-11-12-13-14-15-16-17-18-19-20(21)22-4-2/h8-9,11-12H,3-7,10,13-19H2,1-2H3/b9-8-,12-11-/i1+1,3+1,5+1,6+1,7+1,8+1,9+1,10+1,11+1,12+1,13+1,14+1,15+1,16+1,17+1,18+1,19+1,20+1. The molecule has 0 amide bonds. The second-order valence-electron chi connectivity index (χ2n) is 5.79. The molecule has 0 atom stereocenters. The Hall–Kier alpha value is -1.05. The minimum Gasteiger partial charge on any atom is -0.466 e. The van der Waals surface area contributed by atoms with E-state index in [1.165, 1.54) is 51.4 Å². The third kappa shape index (κ3) is 17.0. The van der Waals surface area contributed by atoms with E-state index in [1.807, 2.05) is 6.92 Å². The molecule has 0 radical (unpaired) electrons. The molecule has 0 N–H and O–H groups in total. The predicted molar refractivity (Wildman–Crippen MR) is 96.0 cm³/mol. The van der Waals surface area contributed by atoms with Gasteiger partial charge in [0.2, 0.25) is 0 Å². The number of esters is 1. The van der Waals surface area contributed by atoms with E-state index in [-0.39, 0.29) is 5.97 Å². The highest BCUT2D eigenvalue weighted by Crippen LogP contribution is 2.08. The molecule has 0 aliphatic heterocycles. The van der Waals surface area contributed by atoms with Gasteiger partial charge in [0.15, 0.2) is 0 Å². The van der Waals surface area contributed by atoms with Crippen LogP contribution in [0.1, 0.15) is 90.9 Å². The fourth-order valence-electron chi connectivity index (χ4n) is 2.31. The number of hydrogen-bond acceptors (Lipinski definition) is 2. The lowest BCUT2D eigenvalue weighted by Crippen LogP contribution is -2.03. The smallest absolute Gasteiger partial charge is 0.305 e. The molecule has 0 aromatic heterocycles. The van der Waals surface area contributed by atoms with E-state index in [1.54, 1.807) is 0 Å². The molecule has 0 bridgehead atoms. The quantitative estimate of drug-likeness (QED) is 0.151. The summed E-state index contributed by atoms with van der Waals surface area (Å²) in [4.78, 5) is 11.1. The van der Waals surface area contributed by atoms with E-state index in [2.05, 4.69) is 31.2 Å². The van der Waals surface area contributed by atoms with Gasteiger partial charge < -0.3 is 4.74 Å². The molecule has 0 aliphatic rings. The first-order chi connectivity index (χ1) is 10.8. The Kier molecular flexibility index (Phi) is 17.1. The Morgan fingerprint density at radius 1 is 0.773 bits per heavy atom. The SMILES string of the molecule is CCO[13C](=O)[13CH2][13CH2][13CH2][13CH2][13CH2][13CH2][13CH2]/[13CH]=[13CH]\[13CH2]/[13CH]=[13CH]\[13CH2][13CH2][13CH2][13CH2][13CH3]. The Labute approximate surface area is 138 Å². The molecule has 0 aromatic carbocycles. The van der Waals surface area contributed by atoms with Gasteiger partial charge in [0.25, 0.3) is 0 Å². The topological polar surface area (TPSA) is 26.3 Å². The summed E-state index contributed by atoms with van der Waals surface area (Å²) < 4.78 is 4.91. The molecule has 22 heavy (non-hydrogen) atoms. The highest BCUT2D eigenvalue weighted by Gasteiger charge is 2.00. The van der Waals surface area contributed by atoms with Gasteiger partial charge in [-0.3, -0.25) is 4.79 Å². The molecule has 0 saturated heterocycles. The molecule has 0 spiro atoms. The third-order valence-electron chi connectivity index (χ3n) is 3.64. The Morgan fingerprint density at radius 2 is 1.36 bits per heavy atom. The van der Waals surface area contributed by atoms with Crippen LogP contribution in [0.5, 0.6) is 0 Å². The minimum absolute atomic E-state index is 0.0480. The van der Waals surface area contributed by atoms with E-state index >= 15 is 0 Å². The normalized spacial score (nSPS) is 11.5. The fourth-order valence-corrected chi connectivity index (χ4v) is 2.31. The number of carbonyl (C=O) groups excluding carboxylic acids is 1. The summed E-state index contributed by atoms with van der Waals surface area (Å²) in [6.07, 6.45) is 23.1. The maximum atomic E-state index is 11.1. The van der Waals surface area contributed by atoms with Crippen molar-refractivity contribution in [1.82, 2.24) is 0 Å². The number of hydrogen-bond donors (Lipinski definition) is 0. The van der Waals surface area contributed by atoms with Gasteiger partial charge >= 0.3 is 5.97 Å². The number of unbranched alkanes of at least 4 members (excludes halogenated alkanes) is 8. The van der Waals surface area contributed by atoms with E-state index in [0.717, 1.165) is 19.3 Å². The average Bonchev–Trinajstić information content (AvgIpc) is 2.51. The minimum atomic E-state index is -0.0480. The van der Waals surface area contributed by atoms with Gasteiger partial charge in [0.05, 0.1) is 6.61 Å². The van der Waals surface area contributed by atoms with Crippen LogP contribution in [-0.2, 0) is 9.53 Å². The number of rotatable bonds is 15. The van der Waals surface area contributed by atoms with Crippen molar-refractivity contribution < 1.29 is 9.53 Å². The van der Waals surface area contributed by atoms with E-state index in [9.17, 15) is 4.79 Å². The van der Waals surface area contributed by atoms with Crippen LogP contribution >= 0.6 is 0 Å². The zero-order valence-electron chi connectivity index (χ0n) is 14.8. The van der Waals surface area contributed by atoms with Crippen LogP contribution in [0.2, 0.25) is 0 Å². The molecule has 0 fully saturated rings. The van der Waals surface area contributed by atoms with Gasteiger partial charge in [-0.1, -0.05) is 63.3 Å². The van der Waals surface area contributed by atoms with Crippen LogP contribution in [0, 0.1) is 0 Å². The van der Waals surface area contributed by atoms with Crippen molar-refractivity contribution in [3.63, 3.8) is 0 Å². The van der Waals surface area contributed by atoms with Crippen LogP contribution < -0.4 is 0 Å². The first-order valence-electron chi connectivity index (χ1n) is 9.26. The monoisotopic (exact) mass is 326 g/mol. The maximum Gasteiger partial charge on any atom is 0.305 e. The summed E-state index contributed by atoms with van der Waals surface area (Å²) in [5.41, 5.74) is 0. The molecule has 2 nitrogen and oxygen atoms in total. The molecular weight excluding hydrogens is 290 g/mol. The van der Waals surface area contributed by atoms with Gasteiger partial charge in [-0.15, -0.1) is 0 Å². The third-order valence-corrected chi connectivity index (χ3v) is 3.64. The lowest BCUT2D eigenvalue weighted by atomic mass is 10.9. The Bertz CT molecular complexity index is 292. The van der Waals surface area contributed by atoms with Gasteiger partial charge in [-0.25, -0.2) is 0 Å². The molecule has 0 saturated carbocycles. The first-order valence-corrected chi connectivity index (χ1v) is 9.26. The highest BCUT2D eigenvalue weighted by atomic mass is 16.6. The summed E-state index contributed by atoms with van der Waals surface area (Å²) in [5.74, 6) is -0.0480. The van der Waals surface area contributed by atoms with Crippen molar-refractivity contribution in [1.29, 1.82) is 0 Å². The van der Waals surface area contributed by atoms with E-state index in [4.69, 9.17) is 4.74 Å². The zero-order chi connectivity index (χ0) is 16.3. The molecule has 0 aliphatic carbocycles. The van der Waals surface area contributed by atoms with Crippen LogP contribution in [0.15, 0.2) is 24.3 Å². The number of ether oxygens (including phenoxy) is 1. The van der Waals surface area contributed by atoms with Crippen LogP contribution in [0.4, 0.5) is 0 Å². The lowest BCUT2D eigenvalue weighted by Gasteiger charge is -2.01. The van der Waals surface area contributed by atoms with Crippen molar-refractivity contribution in [3.05, 3.63) is 24.3 Å². The Morgan fingerprint density at radius 3 is 2.00 bits per heavy atom. The molecule has 0 aromatic rings. The summed E-state index contributed by atoms with van der Waals surface area (Å²) >= 11 is 0. The average molecular weight is 326 g/mol. The van der Waals surface area contributed by atoms with Crippen LogP contribution in [-0.4, -0.2) is 12.6 Å². The van der Waals surface area contributed by atoms with Gasteiger partial charge in [-0.2, -0.15) is 0 Å². The van der Waals surface area contributed by atoms with Crippen molar-refractivity contribution >= 4 is 5.97 Å². The Balaban J connectivity index is 3.22. The maximum absolute atomic E-state index is 11.1. The van der Waals surface area contributed by atoms with Crippen LogP contribution in [0.3, 0.4) is 0 Å². The molecule has 128 valence electrons. The summed E-state index contributed by atoms with van der Waals surface area (Å²) in [7, 11) is 0. The van der Waals surface area contributed by atoms with E-state index in [0.29, 0.717) is 13.0 Å². The molecular formula is C20H36O2. The zero-order valence-corrected chi connectivity index (χ0v) is 14.8.